The molecule has 0 aliphatic heterocycles. The Kier molecular flexibility index (Phi) is 6.01. The van der Waals surface area contributed by atoms with Crippen molar-refractivity contribution in [3.05, 3.63) is 34.1 Å². The molecule has 1 aliphatic carbocycles. The van der Waals surface area contributed by atoms with Crippen molar-refractivity contribution in [3.8, 4) is 0 Å². The molecule has 0 radical (unpaired) electrons. The fraction of sp³-hybridized carbons (Fsp3) is 0.619. The van der Waals surface area contributed by atoms with Crippen LogP contribution in [-0.2, 0) is 22.5 Å². The molecule has 0 saturated heterocycles. The van der Waals surface area contributed by atoms with Gasteiger partial charge in [0.15, 0.2) is 0 Å². The summed E-state index contributed by atoms with van der Waals surface area (Å²) in [6.07, 6.45) is 3.71. The molecular weight excluding hydrogens is 358 g/mol. The first kappa shape index (κ1) is 20.3. The number of rotatable bonds is 6. The maximum atomic E-state index is 12.8. The maximum Gasteiger partial charge on any atom is 0.326 e. The molecule has 28 heavy (non-hydrogen) atoms. The summed E-state index contributed by atoms with van der Waals surface area (Å²) in [5.74, 6) is 1.82. The number of ether oxygens (including phenoxy) is 1. The standard InChI is InChI=1S/C21H29N3O4/c1-5-20-22-17-9-7-15(24(26)27)11-18(17)23(20)12-21(25)28-19-10-14(4)6-8-16(19)13(2)3/h7,9,11,13-14,16,19H,5-6,8,10,12H2,1-4H3/t14-,16+,19?/m1/s1. The Balaban J connectivity index is 1.83. The molecule has 1 aromatic carbocycles. The molecule has 1 unspecified atom stereocenters. The van der Waals surface area contributed by atoms with Gasteiger partial charge in [-0.3, -0.25) is 14.9 Å². The Hall–Kier alpha value is -2.44. The highest BCUT2D eigenvalue weighted by molar-refractivity contribution is 5.81. The molecular formula is C21H29N3O4. The van der Waals surface area contributed by atoms with Gasteiger partial charge in [0.05, 0.1) is 16.0 Å². The van der Waals surface area contributed by atoms with E-state index >= 15 is 0 Å². The predicted molar refractivity (Wildman–Crippen MR) is 107 cm³/mol. The van der Waals surface area contributed by atoms with Crippen LogP contribution >= 0.6 is 0 Å². The number of carbonyl (C=O) groups is 1. The van der Waals surface area contributed by atoms with Gasteiger partial charge in [-0.2, -0.15) is 0 Å². The third-order valence-electron chi connectivity index (χ3n) is 5.87. The van der Waals surface area contributed by atoms with E-state index in [1.54, 1.807) is 10.6 Å². The number of aryl methyl sites for hydroxylation is 1. The summed E-state index contributed by atoms with van der Waals surface area (Å²) in [5, 5.41) is 11.1. The zero-order valence-electron chi connectivity index (χ0n) is 17.1. The summed E-state index contributed by atoms with van der Waals surface area (Å²) >= 11 is 0. The van der Waals surface area contributed by atoms with Crippen LogP contribution in [0.4, 0.5) is 5.69 Å². The Morgan fingerprint density at radius 1 is 1.39 bits per heavy atom. The highest BCUT2D eigenvalue weighted by Crippen LogP contribution is 2.35. The van der Waals surface area contributed by atoms with Crippen LogP contribution in [0.25, 0.3) is 11.0 Å². The number of carbonyl (C=O) groups excluding carboxylic acids is 1. The van der Waals surface area contributed by atoms with Crippen molar-refractivity contribution in [2.75, 3.05) is 0 Å². The second kappa shape index (κ2) is 8.29. The minimum Gasteiger partial charge on any atom is -0.461 e. The van der Waals surface area contributed by atoms with E-state index < -0.39 is 4.92 Å². The predicted octanol–water partition coefficient (Wildman–Crippen LogP) is 4.51. The lowest BCUT2D eigenvalue weighted by atomic mass is 9.75. The molecule has 1 heterocycles. The van der Waals surface area contributed by atoms with Gasteiger partial charge in [-0.15, -0.1) is 0 Å². The minimum atomic E-state index is -0.433. The highest BCUT2D eigenvalue weighted by Gasteiger charge is 2.33. The summed E-state index contributed by atoms with van der Waals surface area (Å²) in [6, 6.07) is 4.55. The van der Waals surface area contributed by atoms with Crippen molar-refractivity contribution >= 4 is 22.7 Å². The van der Waals surface area contributed by atoms with Gasteiger partial charge >= 0.3 is 5.97 Å². The smallest absolute Gasteiger partial charge is 0.326 e. The number of non-ortho nitro benzene ring substituents is 1. The zero-order valence-corrected chi connectivity index (χ0v) is 17.1. The molecule has 7 heteroatoms. The van der Waals surface area contributed by atoms with E-state index in [4.69, 9.17) is 4.74 Å². The number of aromatic nitrogens is 2. The van der Waals surface area contributed by atoms with Crippen LogP contribution in [-0.4, -0.2) is 26.5 Å². The van der Waals surface area contributed by atoms with E-state index in [0.29, 0.717) is 35.2 Å². The van der Waals surface area contributed by atoms with Gasteiger partial charge in [-0.05, 0) is 36.7 Å². The second-order valence-electron chi connectivity index (χ2n) is 8.25. The molecule has 3 rings (SSSR count). The van der Waals surface area contributed by atoms with Crippen LogP contribution in [0.1, 0.15) is 52.8 Å². The van der Waals surface area contributed by atoms with Gasteiger partial charge in [-0.1, -0.05) is 34.1 Å². The molecule has 1 saturated carbocycles. The van der Waals surface area contributed by atoms with Crippen LogP contribution < -0.4 is 0 Å². The number of hydrogen-bond acceptors (Lipinski definition) is 5. The summed E-state index contributed by atoms with van der Waals surface area (Å²) in [5.41, 5.74) is 1.24. The average molecular weight is 387 g/mol. The lowest BCUT2D eigenvalue weighted by Gasteiger charge is -2.36. The Morgan fingerprint density at radius 3 is 2.79 bits per heavy atom. The Bertz CT molecular complexity index is 874. The molecule has 0 N–H and O–H groups in total. The van der Waals surface area contributed by atoms with Crippen LogP contribution in [0, 0.1) is 27.9 Å². The number of imidazole rings is 1. The summed E-state index contributed by atoms with van der Waals surface area (Å²) in [6.45, 7) is 8.54. The monoisotopic (exact) mass is 387 g/mol. The number of nitrogens with zero attached hydrogens (tertiary/aromatic N) is 3. The number of nitro groups is 1. The largest absolute Gasteiger partial charge is 0.461 e. The summed E-state index contributed by atoms with van der Waals surface area (Å²) in [4.78, 5) is 28.0. The number of benzene rings is 1. The van der Waals surface area contributed by atoms with Crippen LogP contribution in [0.2, 0.25) is 0 Å². The molecule has 0 spiro atoms. The maximum absolute atomic E-state index is 12.8. The van der Waals surface area contributed by atoms with Crippen LogP contribution in [0.15, 0.2) is 18.2 Å². The Morgan fingerprint density at radius 2 is 2.14 bits per heavy atom. The van der Waals surface area contributed by atoms with Crippen LogP contribution in [0.5, 0.6) is 0 Å². The van der Waals surface area contributed by atoms with Crippen molar-refractivity contribution in [1.29, 1.82) is 0 Å². The quantitative estimate of drug-likeness (QED) is 0.413. The number of nitro benzene ring substituents is 1. The molecule has 3 atom stereocenters. The summed E-state index contributed by atoms with van der Waals surface area (Å²) < 4.78 is 7.66. The van der Waals surface area contributed by atoms with Gasteiger partial charge in [0.25, 0.3) is 5.69 Å². The third-order valence-corrected chi connectivity index (χ3v) is 5.87. The SMILES string of the molecule is CCc1nc2ccc([N+](=O)[O-])cc2n1CC(=O)OC1C[C@H](C)CC[C@H]1C(C)C. The molecule has 2 aromatic rings. The van der Waals surface area contributed by atoms with E-state index in [1.165, 1.54) is 18.6 Å². The fourth-order valence-electron chi connectivity index (χ4n) is 4.31. The first-order valence-electron chi connectivity index (χ1n) is 10.1. The third kappa shape index (κ3) is 4.18. The van der Waals surface area contributed by atoms with Gasteiger partial charge in [-0.25, -0.2) is 4.98 Å². The van der Waals surface area contributed by atoms with Crippen molar-refractivity contribution in [1.82, 2.24) is 9.55 Å². The molecule has 7 nitrogen and oxygen atoms in total. The van der Waals surface area contributed by atoms with Crippen molar-refractivity contribution in [2.24, 2.45) is 17.8 Å². The molecule has 1 aliphatic rings. The molecule has 0 bridgehead atoms. The molecule has 152 valence electrons. The van der Waals surface area contributed by atoms with E-state index in [9.17, 15) is 14.9 Å². The molecule has 1 aromatic heterocycles. The summed E-state index contributed by atoms with van der Waals surface area (Å²) in [7, 11) is 0. The van der Waals surface area contributed by atoms with E-state index in [0.717, 1.165) is 18.7 Å². The van der Waals surface area contributed by atoms with Gasteiger partial charge in [0, 0.05) is 18.6 Å². The van der Waals surface area contributed by atoms with E-state index in [2.05, 4.69) is 25.8 Å². The first-order valence-corrected chi connectivity index (χ1v) is 10.1. The van der Waals surface area contributed by atoms with Crippen LogP contribution in [0.3, 0.4) is 0 Å². The first-order chi connectivity index (χ1) is 13.3. The number of hydrogen-bond donors (Lipinski definition) is 0. The number of esters is 1. The zero-order chi connectivity index (χ0) is 20.4. The lowest BCUT2D eigenvalue weighted by Crippen LogP contribution is -2.36. The van der Waals surface area contributed by atoms with E-state index in [1.807, 2.05) is 6.92 Å². The van der Waals surface area contributed by atoms with Crippen molar-refractivity contribution in [2.45, 2.75) is 66.0 Å². The molecule has 0 amide bonds. The minimum absolute atomic E-state index is 0.00866. The second-order valence-corrected chi connectivity index (χ2v) is 8.25. The topological polar surface area (TPSA) is 87.3 Å². The normalized spacial score (nSPS) is 22.5. The lowest BCUT2D eigenvalue weighted by molar-refractivity contribution is -0.384. The Labute approximate surface area is 165 Å². The van der Waals surface area contributed by atoms with Gasteiger partial charge in [0.1, 0.15) is 18.5 Å². The van der Waals surface area contributed by atoms with Gasteiger partial charge in [0.2, 0.25) is 0 Å². The molecule has 1 fully saturated rings. The van der Waals surface area contributed by atoms with Crippen molar-refractivity contribution in [3.63, 3.8) is 0 Å². The fourth-order valence-corrected chi connectivity index (χ4v) is 4.31. The van der Waals surface area contributed by atoms with Crippen molar-refractivity contribution < 1.29 is 14.5 Å². The van der Waals surface area contributed by atoms with E-state index in [-0.39, 0.29) is 24.3 Å². The van der Waals surface area contributed by atoms with Gasteiger partial charge < -0.3 is 9.30 Å². The average Bonchev–Trinajstić information content (AvgIpc) is 2.98. The number of fused-ring (bicyclic) bond motifs is 1. The highest BCUT2D eigenvalue weighted by atomic mass is 16.6.